The first-order chi connectivity index (χ1) is 18.8. The zero-order valence-corrected chi connectivity index (χ0v) is 22.4. The highest BCUT2D eigenvalue weighted by molar-refractivity contribution is 6.51. The van der Waals surface area contributed by atoms with Gasteiger partial charge in [-0.3, -0.25) is 14.5 Å². The summed E-state index contributed by atoms with van der Waals surface area (Å²) in [5, 5.41) is 11.6. The predicted molar refractivity (Wildman–Crippen MR) is 147 cm³/mol. The Morgan fingerprint density at radius 1 is 0.897 bits per heavy atom. The molecule has 0 bridgehead atoms. The van der Waals surface area contributed by atoms with Crippen LogP contribution in [0.4, 0.5) is 5.69 Å². The van der Waals surface area contributed by atoms with E-state index in [-0.39, 0.29) is 23.5 Å². The Morgan fingerprint density at radius 2 is 1.59 bits per heavy atom. The lowest BCUT2D eigenvalue weighted by atomic mass is 9.92. The van der Waals surface area contributed by atoms with Gasteiger partial charge in [0, 0.05) is 11.8 Å². The van der Waals surface area contributed by atoms with E-state index in [2.05, 4.69) is 0 Å². The molecule has 1 saturated heterocycles. The highest BCUT2D eigenvalue weighted by Crippen LogP contribution is 2.44. The van der Waals surface area contributed by atoms with Gasteiger partial charge >= 0.3 is 5.97 Å². The van der Waals surface area contributed by atoms with Crippen molar-refractivity contribution >= 4 is 29.1 Å². The third-order valence-electron chi connectivity index (χ3n) is 6.40. The summed E-state index contributed by atoms with van der Waals surface area (Å²) in [6.45, 7) is 8.26. The van der Waals surface area contributed by atoms with Crippen LogP contribution in [-0.4, -0.2) is 42.6 Å². The van der Waals surface area contributed by atoms with Crippen molar-refractivity contribution in [3.05, 3.63) is 94.6 Å². The van der Waals surface area contributed by atoms with Crippen molar-refractivity contribution in [2.75, 3.05) is 24.7 Å². The van der Waals surface area contributed by atoms with E-state index < -0.39 is 23.7 Å². The SMILES string of the molecule is CCOC(=O)c1ccc(N2C(=O)C(=O)/C(=C(/O)c3ccc(OCC)cc3OCC)C2c2ccccc2C)cc1. The Morgan fingerprint density at radius 3 is 2.23 bits per heavy atom. The zero-order valence-electron chi connectivity index (χ0n) is 22.4. The molecule has 3 aromatic rings. The molecule has 0 aromatic heterocycles. The van der Waals surface area contributed by atoms with Gasteiger partial charge in [-0.15, -0.1) is 0 Å². The van der Waals surface area contributed by atoms with E-state index in [4.69, 9.17) is 14.2 Å². The first-order valence-corrected chi connectivity index (χ1v) is 12.9. The Balaban J connectivity index is 1.90. The van der Waals surface area contributed by atoms with Gasteiger partial charge in [0.15, 0.2) is 0 Å². The van der Waals surface area contributed by atoms with Gasteiger partial charge in [-0.1, -0.05) is 24.3 Å². The van der Waals surface area contributed by atoms with Crippen molar-refractivity contribution in [3.63, 3.8) is 0 Å². The third kappa shape index (κ3) is 5.36. The van der Waals surface area contributed by atoms with Crippen LogP contribution in [0.15, 0.2) is 72.3 Å². The lowest BCUT2D eigenvalue weighted by Gasteiger charge is -2.27. The summed E-state index contributed by atoms with van der Waals surface area (Å²) in [4.78, 5) is 40.6. The fraction of sp³-hybridized carbons (Fsp3) is 0.258. The van der Waals surface area contributed by atoms with Crippen LogP contribution in [0.25, 0.3) is 5.76 Å². The predicted octanol–water partition coefficient (Wildman–Crippen LogP) is 5.60. The van der Waals surface area contributed by atoms with Gasteiger partial charge in [-0.05, 0) is 75.2 Å². The molecule has 8 heteroatoms. The van der Waals surface area contributed by atoms with Crippen molar-refractivity contribution < 1.29 is 33.7 Å². The molecule has 0 spiro atoms. The van der Waals surface area contributed by atoms with E-state index in [1.807, 2.05) is 45.0 Å². The molecule has 0 radical (unpaired) electrons. The Hall–Kier alpha value is -4.59. The Kier molecular flexibility index (Phi) is 8.34. The van der Waals surface area contributed by atoms with Crippen molar-refractivity contribution in [1.29, 1.82) is 0 Å². The lowest BCUT2D eigenvalue weighted by Crippen LogP contribution is -2.29. The fourth-order valence-corrected chi connectivity index (χ4v) is 4.63. The Labute approximate surface area is 227 Å². The number of amides is 1. The van der Waals surface area contributed by atoms with Gasteiger partial charge in [-0.25, -0.2) is 4.79 Å². The second-order valence-electron chi connectivity index (χ2n) is 8.82. The molecule has 8 nitrogen and oxygen atoms in total. The number of aliphatic hydroxyl groups is 1. The molecule has 1 atom stereocenters. The number of Topliss-reactive ketones (excluding diaryl/α,β-unsaturated/α-hetero) is 1. The number of benzene rings is 3. The third-order valence-corrected chi connectivity index (χ3v) is 6.40. The van der Waals surface area contributed by atoms with Crippen LogP contribution in [0, 0.1) is 6.92 Å². The molecule has 3 aromatic carbocycles. The number of esters is 1. The molecule has 1 unspecified atom stereocenters. The molecule has 1 fully saturated rings. The van der Waals surface area contributed by atoms with Gasteiger partial charge in [0.25, 0.3) is 11.7 Å². The average Bonchev–Trinajstić information content (AvgIpc) is 3.19. The molecule has 1 amide bonds. The summed E-state index contributed by atoms with van der Waals surface area (Å²) >= 11 is 0. The minimum Gasteiger partial charge on any atom is -0.507 e. The maximum Gasteiger partial charge on any atom is 0.338 e. The standard InChI is InChI=1S/C31H31NO7/c1-5-37-22-16-17-24(25(18-22)38-6-2)28(33)26-27(23-11-9-8-10-19(23)4)32(30(35)29(26)34)21-14-12-20(13-15-21)31(36)39-7-3/h8-18,27,33H,5-7H2,1-4H3/b28-26+. The molecular formula is C31H31NO7. The normalized spacial score (nSPS) is 16.3. The minimum absolute atomic E-state index is 0.0612. The van der Waals surface area contributed by atoms with Gasteiger partial charge in [0.2, 0.25) is 0 Å². The molecule has 1 heterocycles. The van der Waals surface area contributed by atoms with Crippen LogP contribution in [0.2, 0.25) is 0 Å². The van der Waals surface area contributed by atoms with Crippen LogP contribution in [0.1, 0.15) is 53.9 Å². The smallest absolute Gasteiger partial charge is 0.338 e. The molecule has 1 aliphatic heterocycles. The number of carbonyl (C=O) groups is 3. The summed E-state index contributed by atoms with van der Waals surface area (Å²) in [5.41, 5.74) is 2.44. The summed E-state index contributed by atoms with van der Waals surface area (Å²) in [6, 6.07) is 17.7. The van der Waals surface area contributed by atoms with Crippen LogP contribution in [0.3, 0.4) is 0 Å². The van der Waals surface area contributed by atoms with E-state index in [1.54, 1.807) is 49.4 Å². The summed E-state index contributed by atoms with van der Waals surface area (Å²) in [6.07, 6.45) is 0. The summed E-state index contributed by atoms with van der Waals surface area (Å²) in [5.74, 6) is -1.58. The maximum absolute atomic E-state index is 13.5. The van der Waals surface area contributed by atoms with E-state index in [0.29, 0.717) is 41.5 Å². The monoisotopic (exact) mass is 529 g/mol. The number of hydrogen-bond donors (Lipinski definition) is 1. The van der Waals surface area contributed by atoms with Crippen LogP contribution in [0.5, 0.6) is 11.5 Å². The molecule has 1 N–H and O–H groups in total. The number of aliphatic hydroxyl groups excluding tert-OH is 1. The van der Waals surface area contributed by atoms with Crippen LogP contribution in [-0.2, 0) is 14.3 Å². The van der Waals surface area contributed by atoms with Gasteiger partial charge in [-0.2, -0.15) is 0 Å². The van der Waals surface area contributed by atoms with E-state index in [0.717, 1.165) is 5.56 Å². The number of rotatable bonds is 9. The van der Waals surface area contributed by atoms with E-state index >= 15 is 0 Å². The molecule has 1 aliphatic rings. The highest BCUT2D eigenvalue weighted by Gasteiger charge is 2.47. The number of hydrogen-bond acceptors (Lipinski definition) is 7. The largest absolute Gasteiger partial charge is 0.507 e. The van der Waals surface area contributed by atoms with Gasteiger partial charge < -0.3 is 19.3 Å². The first-order valence-electron chi connectivity index (χ1n) is 12.9. The number of anilines is 1. The molecule has 39 heavy (non-hydrogen) atoms. The van der Waals surface area contributed by atoms with Gasteiger partial charge in [0.05, 0.1) is 42.6 Å². The summed E-state index contributed by atoms with van der Waals surface area (Å²) < 4.78 is 16.4. The lowest BCUT2D eigenvalue weighted by molar-refractivity contribution is -0.132. The number of ether oxygens (including phenoxy) is 3. The zero-order chi connectivity index (χ0) is 28.1. The molecule has 4 rings (SSSR count). The molecule has 202 valence electrons. The topological polar surface area (TPSA) is 102 Å². The van der Waals surface area contributed by atoms with Gasteiger partial charge in [0.1, 0.15) is 17.3 Å². The van der Waals surface area contributed by atoms with Crippen LogP contribution < -0.4 is 14.4 Å². The quantitative estimate of drug-likeness (QED) is 0.167. The van der Waals surface area contributed by atoms with Crippen molar-refractivity contribution in [3.8, 4) is 11.5 Å². The average molecular weight is 530 g/mol. The first kappa shape index (κ1) is 27.4. The molecule has 0 saturated carbocycles. The number of aryl methyl sites for hydroxylation is 1. The van der Waals surface area contributed by atoms with Crippen molar-refractivity contribution in [1.82, 2.24) is 0 Å². The second-order valence-corrected chi connectivity index (χ2v) is 8.82. The van der Waals surface area contributed by atoms with Crippen LogP contribution >= 0.6 is 0 Å². The number of ketones is 1. The number of nitrogens with zero attached hydrogens (tertiary/aromatic N) is 1. The van der Waals surface area contributed by atoms with E-state index in [9.17, 15) is 19.5 Å². The number of carbonyl (C=O) groups excluding carboxylic acids is 3. The highest BCUT2D eigenvalue weighted by atomic mass is 16.5. The molecular weight excluding hydrogens is 498 g/mol. The maximum atomic E-state index is 13.5. The summed E-state index contributed by atoms with van der Waals surface area (Å²) in [7, 11) is 0. The second kappa shape index (κ2) is 11.9. The molecule has 0 aliphatic carbocycles. The minimum atomic E-state index is -0.916. The fourth-order valence-electron chi connectivity index (χ4n) is 4.63. The Bertz CT molecular complexity index is 1430. The van der Waals surface area contributed by atoms with E-state index in [1.165, 1.54) is 4.90 Å². The van der Waals surface area contributed by atoms with Crippen molar-refractivity contribution in [2.45, 2.75) is 33.7 Å². The van der Waals surface area contributed by atoms with Crippen molar-refractivity contribution in [2.24, 2.45) is 0 Å².